The molecule has 0 fully saturated rings. The van der Waals surface area contributed by atoms with Gasteiger partial charge >= 0.3 is 0 Å². The molecule has 0 aromatic heterocycles. The second kappa shape index (κ2) is 6.22. The molecule has 0 heterocycles. The third-order valence-electron chi connectivity index (χ3n) is 3.18. The van der Waals surface area contributed by atoms with E-state index in [1.54, 1.807) is 0 Å². The molecule has 19 heavy (non-hydrogen) atoms. The van der Waals surface area contributed by atoms with Gasteiger partial charge in [0.25, 0.3) is 0 Å². The van der Waals surface area contributed by atoms with E-state index >= 15 is 0 Å². The minimum atomic E-state index is 0.351. The maximum atomic E-state index is 5.84. The van der Waals surface area contributed by atoms with Crippen molar-refractivity contribution in [1.29, 1.82) is 0 Å². The van der Waals surface area contributed by atoms with Crippen LogP contribution < -0.4 is 10.1 Å². The summed E-state index contributed by atoms with van der Waals surface area (Å²) in [4.78, 5) is 0. The summed E-state index contributed by atoms with van der Waals surface area (Å²) in [5.41, 5.74) is 2.42. The van der Waals surface area contributed by atoms with Crippen LogP contribution in [0.2, 0.25) is 0 Å². The van der Waals surface area contributed by atoms with Crippen LogP contribution in [0.1, 0.15) is 24.1 Å². The Labute approximate surface area is 122 Å². The van der Waals surface area contributed by atoms with Gasteiger partial charge in [-0.15, -0.1) is 0 Å². The summed E-state index contributed by atoms with van der Waals surface area (Å²) in [7, 11) is 1.96. The second-order valence-electron chi connectivity index (χ2n) is 4.59. The minimum Gasteiger partial charge on any atom is -0.457 e. The number of nitrogens with one attached hydrogen (secondary N) is 1. The number of hydrogen-bond donors (Lipinski definition) is 1. The molecule has 0 bridgehead atoms. The summed E-state index contributed by atoms with van der Waals surface area (Å²) in [5, 5.41) is 3.22. The monoisotopic (exact) mass is 319 g/mol. The molecule has 1 unspecified atom stereocenters. The van der Waals surface area contributed by atoms with E-state index in [2.05, 4.69) is 47.2 Å². The van der Waals surface area contributed by atoms with Gasteiger partial charge in [0.1, 0.15) is 11.5 Å². The van der Waals surface area contributed by atoms with Crippen molar-refractivity contribution in [3.8, 4) is 11.5 Å². The van der Waals surface area contributed by atoms with Crippen LogP contribution >= 0.6 is 15.9 Å². The zero-order chi connectivity index (χ0) is 13.8. The molecule has 2 aromatic carbocycles. The van der Waals surface area contributed by atoms with E-state index in [0.717, 1.165) is 21.5 Å². The lowest BCUT2D eigenvalue weighted by atomic mass is 10.1. The predicted octanol–water partition coefficient (Wildman–Crippen LogP) is 4.83. The van der Waals surface area contributed by atoms with Crippen molar-refractivity contribution in [3.05, 3.63) is 58.1 Å². The average Bonchev–Trinajstić information content (AvgIpc) is 2.43. The van der Waals surface area contributed by atoms with E-state index in [-0.39, 0.29) is 0 Å². The molecule has 2 rings (SSSR count). The summed E-state index contributed by atoms with van der Waals surface area (Å²) in [6.07, 6.45) is 0. The van der Waals surface area contributed by atoms with Crippen LogP contribution in [0.5, 0.6) is 11.5 Å². The van der Waals surface area contributed by atoms with Crippen molar-refractivity contribution in [3.63, 3.8) is 0 Å². The maximum Gasteiger partial charge on any atom is 0.127 e. The zero-order valence-corrected chi connectivity index (χ0v) is 13.0. The average molecular weight is 320 g/mol. The van der Waals surface area contributed by atoms with Gasteiger partial charge in [-0.3, -0.25) is 0 Å². The normalized spacial score (nSPS) is 12.2. The Morgan fingerprint density at radius 3 is 2.26 bits per heavy atom. The van der Waals surface area contributed by atoms with E-state index in [9.17, 15) is 0 Å². The molecule has 2 aromatic rings. The largest absolute Gasteiger partial charge is 0.457 e. The van der Waals surface area contributed by atoms with Crippen molar-refractivity contribution >= 4 is 15.9 Å². The Kier molecular flexibility index (Phi) is 4.61. The van der Waals surface area contributed by atoms with Crippen molar-refractivity contribution < 1.29 is 4.74 Å². The molecule has 0 spiro atoms. The highest BCUT2D eigenvalue weighted by Crippen LogP contribution is 2.27. The lowest BCUT2D eigenvalue weighted by molar-refractivity contribution is 0.481. The van der Waals surface area contributed by atoms with Crippen LogP contribution in [0, 0.1) is 6.92 Å². The number of halogens is 1. The Hall–Kier alpha value is -1.32. The van der Waals surface area contributed by atoms with E-state index < -0.39 is 0 Å². The molecule has 0 radical (unpaired) electrons. The molecule has 3 heteroatoms. The van der Waals surface area contributed by atoms with Gasteiger partial charge in [0.05, 0.1) is 0 Å². The van der Waals surface area contributed by atoms with Crippen molar-refractivity contribution in [2.75, 3.05) is 7.05 Å². The summed E-state index contributed by atoms with van der Waals surface area (Å²) in [6, 6.07) is 14.5. The van der Waals surface area contributed by atoms with Gasteiger partial charge in [0, 0.05) is 10.5 Å². The molecule has 0 aliphatic carbocycles. The van der Waals surface area contributed by atoms with Gasteiger partial charge in [-0.2, -0.15) is 0 Å². The third kappa shape index (κ3) is 3.58. The highest BCUT2D eigenvalue weighted by molar-refractivity contribution is 9.10. The summed E-state index contributed by atoms with van der Waals surface area (Å²) in [5.74, 6) is 1.71. The number of hydrogen-bond acceptors (Lipinski definition) is 2. The van der Waals surface area contributed by atoms with Crippen LogP contribution in [0.3, 0.4) is 0 Å². The van der Waals surface area contributed by atoms with Gasteiger partial charge in [-0.05, 0) is 62.4 Å². The van der Waals surface area contributed by atoms with Gasteiger partial charge < -0.3 is 10.1 Å². The summed E-state index contributed by atoms with van der Waals surface area (Å²) >= 11 is 3.49. The second-order valence-corrected chi connectivity index (χ2v) is 5.45. The first-order chi connectivity index (χ1) is 9.10. The van der Waals surface area contributed by atoms with E-state index in [1.165, 1.54) is 5.56 Å². The third-order valence-corrected chi connectivity index (χ3v) is 4.07. The van der Waals surface area contributed by atoms with Crippen molar-refractivity contribution in [2.45, 2.75) is 19.9 Å². The summed E-state index contributed by atoms with van der Waals surface area (Å²) in [6.45, 7) is 4.18. The van der Waals surface area contributed by atoms with Gasteiger partial charge in [-0.25, -0.2) is 0 Å². The molecule has 0 aliphatic heterocycles. The highest BCUT2D eigenvalue weighted by Gasteiger charge is 2.03. The fraction of sp³-hybridized carbons (Fsp3) is 0.250. The molecule has 0 aliphatic rings. The first-order valence-corrected chi connectivity index (χ1v) is 7.10. The summed E-state index contributed by atoms with van der Waals surface area (Å²) < 4.78 is 6.94. The highest BCUT2D eigenvalue weighted by atomic mass is 79.9. The topological polar surface area (TPSA) is 21.3 Å². The molecular weight excluding hydrogens is 302 g/mol. The Bertz CT molecular complexity index is 551. The van der Waals surface area contributed by atoms with Crippen molar-refractivity contribution in [1.82, 2.24) is 5.32 Å². The fourth-order valence-corrected chi connectivity index (χ4v) is 2.05. The quantitative estimate of drug-likeness (QED) is 0.871. The van der Waals surface area contributed by atoms with Crippen LogP contribution in [0.25, 0.3) is 0 Å². The Morgan fingerprint density at radius 2 is 1.68 bits per heavy atom. The van der Waals surface area contributed by atoms with Crippen LogP contribution in [0.4, 0.5) is 0 Å². The van der Waals surface area contributed by atoms with Crippen LogP contribution in [0.15, 0.2) is 46.9 Å². The molecule has 0 amide bonds. The molecule has 2 nitrogen and oxygen atoms in total. The maximum absolute atomic E-state index is 5.84. The van der Waals surface area contributed by atoms with Crippen molar-refractivity contribution in [2.24, 2.45) is 0 Å². The first kappa shape index (κ1) is 14.1. The molecule has 1 N–H and O–H groups in total. The lowest BCUT2D eigenvalue weighted by Crippen LogP contribution is -2.11. The van der Waals surface area contributed by atoms with Gasteiger partial charge in [0.2, 0.25) is 0 Å². The lowest BCUT2D eigenvalue weighted by Gasteiger charge is -2.12. The number of benzene rings is 2. The number of aryl methyl sites for hydroxylation is 1. The number of rotatable bonds is 4. The molecule has 1 atom stereocenters. The fourth-order valence-electron chi connectivity index (χ4n) is 1.81. The Balaban J connectivity index is 2.12. The predicted molar refractivity (Wildman–Crippen MR) is 82.9 cm³/mol. The molecule has 100 valence electrons. The van der Waals surface area contributed by atoms with Crippen LogP contribution in [-0.4, -0.2) is 7.05 Å². The Morgan fingerprint density at radius 1 is 1.05 bits per heavy atom. The smallest absolute Gasteiger partial charge is 0.127 e. The van der Waals surface area contributed by atoms with Gasteiger partial charge in [0.15, 0.2) is 0 Å². The number of ether oxygens (including phenoxy) is 1. The minimum absolute atomic E-state index is 0.351. The van der Waals surface area contributed by atoms with Gasteiger partial charge in [-0.1, -0.05) is 28.1 Å². The standard InChI is InChI=1S/C16H18BrNO/c1-11-10-15(8-9-16(11)17)19-14-6-4-13(5-7-14)12(2)18-3/h4-10,12,18H,1-3H3. The molecule has 0 saturated carbocycles. The molecule has 0 saturated heterocycles. The zero-order valence-electron chi connectivity index (χ0n) is 11.4. The van der Waals surface area contributed by atoms with Crippen LogP contribution in [-0.2, 0) is 0 Å². The van der Waals surface area contributed by atoms with E-state index in [1.807, 2.05) is 37.4 Å². The SMILES string of the molecule is CNC(C)c1ccc(Oc2ccc(Br)c(C)c2)cc1. The first-order valence-electron chi connectivity index (χ1n) is 6.31. The van der Waals surface area contributed by atoms with E-state index in [0.29, 0.717) is 6.04 Å². The molecular formula is C16H18BrNO. The van der Waals surface area contributed by atoms with E-state index in [4.69, 9.17) is 4.74 Å².